The molecule has 3 nitrogen and oxygen atoms in total. The van der Waals surface area contributed by atoms with Crippen LogP contribution < -0.4 is 15.1 Å². The Labute approximate surface area is 113 Å². The maximum Gasteiger partial charge on any atom is 3.00 e. The number of rotatable bonds is 0. The largest absolute Gasteiger partial charge is 3.00 e. The maximum atomic E-state index is 8.42. The Morgan fingerprint density at radius 2 is 1.00 bits per heavy atom. The fraction of sp³-hybridized carbons (Fsp3) is 0. The predicted octanol–water partition coefficient (Wildman–Crippen LogP) is -4.71. The van der Waals surface area contributed by atoms with Crippen LogP contribution in [0.15, 0.2) is 0 Å². The van der Waals surface area contributed by atoms with Crippen molar-refractivity contribution in [3.8, 4) is 0 Å². The van der Waals surface area contributed by atoms with Gasteiger partial charge in [-0.1, -0.05) is 0 Å². The van der Waals surface area contributed by atoms with E-state index in [2.05, 4.69) is 0 Å². The van der Waals surface area contributed by atoms with Crippen molar-refractivity contribution in [1.29, 1.82) is 0 Å². The zero-order chi connectivity index (χ0) is 3.58. The van der Waals surface area contributed by atoms with Crippen LogP contribution in [0.3, 0.4) is 0 Å². The molecule has 0 aromatic carbocycles. The summed E-state index contributed by atoms with van der Waals surface area (Å²) < 4.78 is 0. The van der Waals surface area contributed by atoms with Gasteiger partial charge in [0.25, 0.3) is 0 Å². The summed E-state index contributed by atoms with van der Waals surface area (Å²) in [5.74, 6) is 0. The zero-order valence-electron chi connectivity index (χ0n) is 3.66. The van der Waals surface area contributed by atoms with Crippen molar-refractivity contribution in [3.05, 3.63) is 0 Å². The summed E-state index contributed by atoms with van der Waals surface area (Å²) in [6.45, 7) is 0. The van der Waals surface area contributed by atoms with Crippen molar-refractivity contribution in [1.82, 2.24) is 0 Å². The summed E-state index contributed by atoms with van der Waals surface area (Å²) in [6.07, 6.45) is 0. The minimum atomic E-state index is -2.92. The second-order valence-corrected chi connectivity index (χ2v) is 0.289. The monoisotopic (exact) mass is 382 g/mol. The predicted molar refractivity (Wildman–Crippen MR) is 17.3 cm³/mol. The molecular weight excluding hydrogens is 383 g/mol. The van der Waals surface area contributed by atoms with Crippen molar-refractivity contribution < 1.29 is 34.6 Å². The summed E-state index contributed by atoms with van der Waals surface area (Å²) >= 11 is 0. The van der Waals surface area contributed by atoms with E-state index < -0.39 is 7.32 Å². The van der Waals surface area contributed by atoms with E-state index in [4.69, 9.17) is 15.1 Å². The molecular formula is BBaO3SbZn+4. The molecule has 26 valence electrons. The third kappa shape index (κ3) is 49.6. The first-order chi connectivity index (χ1) is 1.73. The summed E-state index contributed by atoms with van der Waals surface area (Å²) in [6, 6.07) is 0. The van der Waals surface area contributed by atoms with Crippen molar-refractivity contribution >= 4 is 80.6 Å². The fourth-order valence-corrected chi connectivity index (χ4v) is 0. The average Bonchev–Trinajstić information content (AvgIpc) is 0.811. The fourth-order valence-electron chi connectivity index (χ4n) is 0. The van der Waals surface area contributed by atoms with E-state index in [1.165, 1.54) is 0 Å². The van der Waals surface area contributed by atoms with Gasteiger partial charge in [-0.3, -0.25) is 7.32 Å². The molecule has 0 amide bonds. The molecule has 0 atom stereocenters. The van der Waals surface area contributed by atoms with E-state index in [-0.39, 0.29) is 92.8 Å². The molecule has 0 rings (SSSR count). The molecule has 0 saturated heterocycles. The molecule has 2 radical (unpaired) electrons. The van der Waals surface area contributed by atoms with Gasteiger partial charge in [0.15, 0.2) is 0 Å². The van der Waals surface area contributed by atoms with E-state index in [0.717, 1.165) is 0 Å². The minimum Gasteiger partial charge on any atom is -0.907 e. The average molecular weight is 383 g/mol. The van der Waals surface area contributed by atoms with Crippen molar-refractivity contribution in [2.75, 3.05) is 0 Å². The Kier molecular flexibility index (Phi) is 51.4. The molecule has 0 aliphatic carbocycles. The maximum absolute atomic E-state index is 8.42. The first-order valence-electron chi connectivity index (χ1n) is 0.707. The smallest absolute Gasteiger partial charge is 0.907 e. The third-order valence-corrected chi connectivity index (χ3v) is 0. The molecule has 0 aromatic rings. The molecule has 0 aromatic heterocycles. The van der Waals surface area contributed by atoms with Crippen LogP contribution in [0.4, 0.5) is 0 Å². The summed E-state index contributed by atoms with van der Waals surface area (Å²) in [5, 5.41) is 25.2. The third-order valence-electron chi connectivity index (χ3n) is 0. The van der Waals surface area contributed by atoms with Crippen LogP contribution in [0.25, 0.3) is 0 Å². The van der Waals surface area contributed by atoms with Gasteiger partial charge in [0, 0.05) is 0 Å². The standard InChI is InChI=1S/BO3.Ba.Sb.Zn/c2-1(3)4;;;/q-3;+2;+3;+2. The van der Waals surface area contributed by atoms with Crippen LogP contribution in [0.2, 0.25) is 0 Å². The number of hydrogen-bond acceptors (Lipinski definition) is 3. The summed E-state index contributed by atoms with van der Waals surface area (Å²) in [5.41, 5.74) is 0. The first-order valence-corrected chi connectivity index (χ1v) is 0.707. The van der Waals surface area contributed by atoms with Crippen LogP contribution in [0, 0.1) is 0 Å². The Hall–Kier alpha value is 2.96. The Balaban J connectivity index is -0.0000000150. The summed E-state index contributed by atoms with van der Waals surface area (Å²) in [7, 11) is -2.92. The molecule has 0 saturated carbocycles. The molecule has 7 heteroatoms. The molecule has 7 heavy (non-hydrogen) atoms. The molecule has 0 heterocycles. The van der Waals surface area contributed by atoms with Gasteiger partial charge in [-0.05, 0) is 0 Å². The first kappa shape index (κ1) is 22.5. The second kappa shape index (κ2) is 16.0. The van der Waals surface area contributed by atoms with Crippen molar-refractivity contribution in [2.24, 2.45) is 0 Å². The van der Waals surface area contributed by atoms with Gasteiger partial charge in [-0.25, -0.2) is 0 Å². The van der Waals surface area contributed by atoms with Gasteiger partial charge in [0.2, 0.25) is 0 Å². The molecule has 0 unspecified atom stereocenters. The Morgan fingerprint density at radius 1 is 1.00 bits per heavy atom. The van der Waals surface area contributed by atoms with Crippen LogP contribution in [-0.2, 0) is 19.5 Å². The molecule has 0 spiro atoms. The van der Waals surface area contributed by atoms with Gasteiger partial charge < -0.3 is 15.1 Å². The van der Waals surface area contributed by atoms with Gasteiger partial charge in [0.05, 0.1) is 0 Å². The van der Waals surface area contributed by atoms with E-state index in [1.54, 1.807) is 0 Å². The van der Waals surface area contributed by atoms with Gasteiger partial charge in [-0.15, -0.1) is 0 Å². The van der Waals surface area contributed by atoms with Gasteiger partial charge in [0.1, 0.15) is 0 Å². The number of hydrogen-bond donors (Lipinski definition) is 0. The normalized spacial score (nSPS) is 3.86. The SMILES string of the molecule is [Ba+2].[O-]B([O-])[O-].[Sb+3].[Zn+2]. The van der Waals surface area contributed by atoms with E-state index in [1.807, 2.05) is 0 Å². The molecule has 0 bridgehead atoms. The molecule has 0 N–H and O–H groups in total. The van der Waals surface area contributed by atoms with E-state index in [0.29, 0.717) is 0 Å². The summed E-state index contributed by atoms with van der Waals surface area (Å²) in [4.78, 5) is 0. The van der Waals surface area contributed by atoms with E-state index in [9.17, 15) is 0 Å². The van der Waals surface area contributed by atoms with Crippen molar-refractivity contribution in [2.45, 2.75) is 0 Å². The van der Waals surface area contributed by atoms with Gasteiger partial charge in [-0.2, -0.15) is 0 Å². The van der Waals surface area contributed by atoms with E-state index >= 15 is 0 Å². The Bertz CT molecular complexity index is 19.7. The minimum absolute atomic E-state index is 0. The van der Waals surface area contributed by atoms with Crippen LogP contribution >= 0.6 is 0 Å². The van der Waals surface area contributed by atoms with Crippen LogP contribution in [-0.4, -0.2) is 80.6 Å². The topological polar surface area (TPSA) is 69.2 Å². The Morgan fingerprint density at radius 3 is 1.00 bits per heavy atom. The molecule has 0 fully saturated rings. The van der Waals surface area contributed by atoms with Crippen LogP contribution in [0.1, 0.15) is 0 Å². The zero-order valence-corrected chi connectivity index (χ0v) is 13.6. The van der Waals surface area contributed by atoms with Gasteiger partial charge >= 0.3 is 92.8 Å². The quantitative estimate of drug-likeness (QED) is 0.395. The van der Waals surface area contributed by atoms with Crippen LogP contribution in [0.5, 0.6) is 0 Å². The second-order valence-electron chi connectivity index (χ2n) is 0.289. The van der Waals surface area contributed by atoms with Crippen molar-refractivity contribution in [3.63, 3.8) is 0 Å². The molecule has 0 aliphatic rings. The molecule has 0 aliphatic heterocycles.